The number of piperazine rings is 1. The normalized spacial score (nSPS) is 14.4. The Morgan fingerprint density at radius 2 is 1.82 bits per heavy atom. The smallest absolute Gasteiger partial charge is 0.416 e. The Hall–Kier alpha value is -3.76. The zero-order chi connectivity index (χ0) is 24.9. The number of allylic oxidation sites excluding steroid dienone is 1. The summed E-state index contributed by atoms with van der Waals surface area (Å²) in [5.41, 5.74) is -0.687. The lowest BCUT2D eigenvalue weighted by molar-refractivity contribution is -0.384. The van der Waals surface area contributed by atoms with Crippen molar-refractivity contribution in [3.8, 4) is 11.5 Å². The van der Waals surface area contributed by atoms with Gasteiger partial charge in [-0.2, -0.15) is 13.2 Å². The number of anilines is 1. The molecule has 182 valence electrons. The highest BCUT2D eigenvalue weighted by atomic mass is 19.4. The maximum absolute atomic E-state index is 12.9. The van der Waals surface area contributed by atoms with Gasteiger partial charge in [0.1, 0.15) is 5.69 Å². The summed E-state index contributed by atoms with van der Waals surface area (Å²) in [5, 5.41) is 11.4. The van der Waals surface area contributed by atoms with Crippen LogP contribution in [0.2, 0.25) is 0 Å². The van der Waals surface area contributed by atoms with Crippen LogP contribution < -0.4 is 14.4 Å². The fourth-order valence-corrected chi connectivity index (χ4v) is 3.64. The van der Waals surface area contributed by atoms with Gasteiger partial charge in [-0.1, -0.05) is 18.2 Å². The van der Waals surface area contributed by atoms with Crippen molar-refractivity contribution < 1.29 is 32.4 Å². The number of carbonyl (C=O) groups is 1. The molecule has 8 nitrogen and oxygen atoms in total. The fraction of sp³-hybridized carbons (Fsp3) is 0.348. The first-order valence-corrected chi connectivity index (χ1v) is 10.5. The third kappa shape index (κ3) is 5.77. The summed E-state index contributed by atoms with van der Waals surface area (Å²) in [5.74, 6) is 0.632. The van der Waals surface area contributed by atoms with E-state index in [1.165, 1.54) is 7.11 Å². The Morgan fingerprint density at radius 3 is 2.41 bits per heavy atom. The number of nitro groups is 1. The van der Waals surface area contributed by atoms with Gasteiger partial charge in [-0.3, -0.25) is 14.9 Å². The van der Waals surface area contributed by atoms with Crippen molar-refractivity contribution in [2.24, 2.45) is 0 Å². The summed E-state index contributed by atoms with van der Waals surface area (Å²) < 4.78 is 49.8. The largest absolute Gasteiger partial charge is 0.493 e. The number of ether oxygens (including phenoxy) is 2. The number of rotatable bonds is 7. The van der Waals surface area contributed by atoms with Gasteiger partial charge in [-0.05, 0) is 36.8 Å². The minimum Gasteiger partial charge on any atom is -0.493 e. The van der Waals surface area contributed by atoms with Crippen LogP contribution in [0, 0.1) is 10.1 Å². The molecule has 1 heterocycles. The number of nitro benzene ring substituents is 1. The molecule has 0 bridgehead atoms. The lowest BCUT2D eigenvalue weighted by Gasteiger charge is -2.35. The molecule has 1 amide bonds. The summed E-state index contributed by atoms with van der Waals surface area (Å²) in [7, 11) is 1.50. The summed E-state index contributed by atoms with van der Waals surface area (Å²) in [4.78, 5) is 26.3. The molecule has 0 N–H and O–H groups in total. The first-order valence-electron chi connectivity index (χ1n) is 10.5. The Labute approximate surface area is 194 Å². The number of hydrogen-bond acceptors (Lipinski definition) is 6. The standard InChI is InChI=1S/C23H24F3N3O5/c1-3-4-16-5-8-20(21(13-16)33-2)34-15-22(30)28-11-9-27(10-12-28)18-7-6-17(23(24,25)26)14-19(18)29(31)32/h3-8,13-14H,9-12,15H2,1-2H3/b4-3+. The SMILES string of the molecule is C/C=C/c1ccc(OCC(=O)N2CCN(c3ccc(C(F)(F)F)cc3[N+](=O)[O-])CC2)c(OC)c1. The van der Waals surface area contributed by atoms with Crippen LogP contribution in [0.15, 0.2) is 42.5 Å². The van der Waals surface area contributed by atoms with Crippen LogP contribution >= 0.6 is 0 Å². The van der Waals surface area contributed by atoms with Crippen LogP contribution in [0.25, 0.3) is 6.08 Å². The first-order chi connectivity index (χ1) is 16.1. The zero-order valence-electron chi connectivity index (χ0n) is 18.7. The Bertz CT molecular complexity index is 1080. The van der Waals surface area contributed by atoms with Crippen molar-refractivity contribution in [3.05, 3.63) is 63.7 Å². The van der Waals surface area contributed by atoms with Crippen LogP contribution in [-0.4, -0.2) is 55.6 Å². The minimum atomic E-state index is -4.68. The highest BCUT2D eigenvalue weighted by Gasteiger charge is 2.34. The van der Waals surface area contributed by atoms with E-state index in [0.717, 1.165) is 17.7 Å². The molecule has 0 atom stereocenters. The van der Waals surface area contributed by atoms with Gasteiger partial charge < -0.3 is 19.3 Å². The van der Waals surface area contributed by atoms with Crippen molar-refractivity contribution in [2.75, 3.05) is 44.8 Å². The van der Waals surface area contributed by atoms with Gasteiger partial charge in [0.05, 0.1) is 17.6 Å². The van der Waals surface area contributed by atoms with E-state index in [9.17, 15) is 28.1 Å². The number of nitrogens with zero attached hydrogens (tertiary/aromatic N) is 3. The summed E-state index contributed by atoms with van der Waals surface area (Å²) >= 11 is 0. The second-order valence-corrected chi connectivity index (χ2v) is 7.53. The topological polar surface area (TPSA) is 85.2 Å². The molecule has 1 fully saturated rings. The van der Waals surface area contributed by atoms with Gasteiger partial charge in [0.2, 0.25) is 0 Å². The number of hydrogen-bond donors (Lipinski definition) is 0. The number of alkyl halides is 3. The highest BCUT2D eigenvalue weighted by Crippen LogP contribution is 2.37. The zero-order valence-corrected chi connectivity index (χ0v) is 18.7. The average Bonchev–Trinajstić information content (AvgIpc) is 2.82. The molecule has 1 aliphatic heterocycles. The van der Waals surface area contributed by atoms with Gasteiger partial charge in [-0.15, -0.1) is 0 Å². The monoisotopic (exact) mass is 479 g/mol. The maximum Gasteiger partial charge on any atom is 0.416 e. The fourth-order valence-electron chi connectivity index (χ4n) is 3.64. The molecular weight excluding hydrogens is 455 g/mol. The number of benzene rings is 2. The average molecular weight is 479 g/mol. The van der Waals surface area contributed by atoms with Crippen LogP contribution in [-0.2, 0) is 11.0 Å². The third-order valence-electron chi connectivity index (χ3n) is 5.37. The molecule has 2 aromatic carbocycles. The summed E-state index contributed by atoms with van der Waals surface area (Å²) in [6.07, 6.45) is -0.889. The number of carbonyl (C=O) groups excluding carboxylic acids is 1. The predicted molar refractivity (Wildman–Crippen MR) is 120 cm³/mol. The van der Waals surface area contributed by atoms with Crippen molar-refractivity contribution >= 4 is 23.4 Å². The molecule has 11 heteroatoms. The van der Waals surface area contributed by atoms with Gasteiger partial charge in [0.25, 0.3) is 11.6 Å². The van der Waals surface area contributed by atoms with Gasteiger partial charge >= 0.3 is 6.18 Å². The lowest BCUT2D eigenvalue weighted by Crippen LogP contribution is -2.50. The molecule has 0 saturated carbocycles. The molecule has 0 spiro atoms. The van der Waals surface area contributed by atoms with E-state index in [0.29, 0.717) is 17.6 Å². The van der Waals surface area contributed by atoms with E-state index in [1.807, 2.05) is 25.1 Å². The molecule has 34 heavy (non-hydrogen) atoms. The molecule has 1 aliphatic rings. The van der Waals surface area contributed by atoms with Crippen LogP contribution in [0.5, 0.6) is 11.5 Å². The molecule has 3 rings (SSSR count). The van der Waals surface area contributed by atoms with Crippen LogP contribution in [0.4, 0.5) is 24.5 Å². The van der Waals surface area contributed by atoms with Crippen LogP contribution in [0.3, 0.4) is 0 Å². The number of halogens is 3. The number of amides is 1. The molecular formula is C23H24F3N3O5. The Kier molecular flexibility index (Phi) is 7.64. The highest BCUT2D eigenvalue weighted by molar-refractivity contribution is 5.78. The van der Waals surface area contributed by atoms with E-state index < -0.39 is 22.4 Å². The molecule has 0 aliphatic carbocycles. The van der Waals surface area contributed by atoms with Gasteiger partial charge in [0, 0.05) is 32.2 Å². The molecule has 1 saturated heterocycles. The third-order valence-corrected chi connectivity index (χ3v) is 5.37. The Morgan fingerprint density at radius 1 is 1.12 bits per heavy atom. The predicted octanol–water partition coefficient (Wildman–Crippen LogP) is 4.38. The van der Waals surface area contributed by atoms with Crippen LogP contribution in [0.1, 0.15) is 18.1 Å². The second-order valence-electron chi connectivity index (χ2n) is 7.53. The summed E-state index contributed by atoms with van der Waals surface area (Å²) in [6.45, 7) is 2.64. The number of methoxy groups -OCH3 is 1. The molecule has 0 aromatic heterocycles. The van der Waals surface area contributed by atoms with E-state index in [1.54, 1.807) is 21.9 Å². The van der Waals surface area contributed by atoms with E-state index in [-0.39, 0.29) is 44.4 Å². The van der Waals surface area contributed by atoms with Gasteiger partial charge in [-0.25, -0.2) is 0 Å². The van der Waals surface area contributed by atoms with E-state index >= 15 is 0 Å². The van der Waals surface area contributed by atoms with E-state index in [4.69, 9.17) is 9.47 Å². The lowest BCUT2D eigenvalue weighted by atomic mass is 10.1. The molecule has 2 aromatic rings. The van der Waals surface area contributed by atoms with Gasteiger partial charge in [0.15, 0.2) is 18.1 Å². The van der Waals surface area contributed by atoms with Crippen molar-refractivity contribution in [1.29, 1.82) is 0 Å². The van der Waals surface area contributed by atoms with E-state index in [2.05, 4.69) is 0 Å². The summed E-state index contributed by atoms with van der Waals surface area (Å²) in [6, 6.07) is 7.79. The molecule has 0 unspecified atom stereocenters. The Balaban J connectivity index is 1.62. The second kappa shape index (κ2) is 10.4. The quantitative estimate of drug-likeness (QED) is 0.433. The molecule has 0 radical (unpaired) electrons. The first kappa shape index (κ1) is 24.9. The maximum atomic E-state index is 12.9. The van der Waals surface area contributed by atoms with Crippen molar-refractivity contribution in [2.45, 2.75) is 13.1 Å². The van der Waals surface area contributed by atoms with Crippen molar-refractivity contribution in [1.82, 2.24) is 4.90 Å². The minimum absolute atomic E-state index is 0.0901. The van der Waals surface area contributed by atoms with Crippen molar-refractivity contribution in [3.63, 3.8) is 0 Å².